The van der Waals surface area contributed by atoms with E-state index in [9.17, 15) is 9.90 Å². The molecule has 2 rings (SSSR count). The number of carbonyl (C=O) groups is 1. The van der Waals surface area contributed by atoms with E-state index >= 15 is 0 Å². The lowest BCUT2D eigenvalue weighted by atomic mass is 10.2. The lowest BCUT2D eigenvalue weighted by Gasteiger charge is -2.03. The van der Waals surface area contributed by atoms with Crippen molar-refractivity contribution in [2.75, 3.05) is 0 Å². The SMILES string of the molecule is O=C(N/N=C\c1ccccc1Br)c1cc(Cl)ccc1O. The van der Waals surface area contributed by atoms with Crippen LogP contribution in [0, 0.1) is 0 Å². The second-order valence-electron chi connectivity index (χ2n) is 3.88. The van der Waals surface area contributed by atoms with E-state index in [4.69, 9.17) is 11.6 Å². The van der Waals surface area contributed by atoms with Gasteiger partial charge < -0.3 is 5.11 Å². The van der Waals surface area contributed by atoms with Gasteiger partial charge in [-0.15, -0.1) is 0 Å². The summed E-state index contributed by atoms with van der Waals surface area (Å²) in [5, 5.41) is 13.8. The Balaban J connectivity index is 2.09. The number of aromatic hydroxyl groups is 1. The smallest absolute Gasteiger partial charge is 0.275 e. The van der Waals surface area contributed by atoms with Gasteiger partial charge in [0.1, 0.15) is 5.75 Å². The Hall–Kier alpha value is -1.85. The molecule has 20 heavy (non-hydrogen) atoms. The molecule has 102 valence electrons. The summed E-state index contributed by atoms with van der Waals surface area (Å²) in [6, 6.07) is 11.7. The standard InChI is InChI=1S/C14H10BrClN2O2/c15-12-4-2-1-3-9(12)8-17-18-14(20)11-7-10(16)5-6-13(11)19/h1-8,19H,(H,18,20)/b17-8-. The first-order valence-electron chi connectivity index (χ1n) is 5.64. The molecule has 0 saturated carbocycles. The van der Waals surface area contributed by atoms with Crippen molar-refractivity contribution in [3.8, 4) is 5.75 Å². The molecule has 0 bridgehead atoms. The lowest BCUT2D eigenvalue weighted by molar-refractivity contribution is 0.0952. The summed E-state index contributed by atoms with van der Waals surface area (Å²) in [7, 11) is 0. The number of phenols is 1. The number of rotatable bonds is 3. The second-order valence-corrected chi connectivity index (χ2v) is 5.17. The zero-order chi connectivity index (χ0) is 14.5. The zero-order valence-corrected chi connectivity index (χ0v) is 12.5. The fourth-order valence-corrected chi connectivity index (χ4v) is 2.05. The minimum atomic E-state index is -0.534. The zero-order valence-electron chi connectivity index (χ0n) is 10.2. The molecule has 0 saturated heterocycles. The van der Waals surface area contributed by atoms with Crippen LogP contribution in [0.1, 0.15) is 15.9 Å². The third-order valence-corrected chi connectivity index (χ3v) is 3.44. The Bertz CT molecular complexity index is 674. The Morgan fingerprint density at radius 2 is 2.05 bits per heavy atom. The number of benzene rings is 2. The largest absolute Gasteiger partial charge is 0.507 e. The molecule has 0 aliphatic rings. The van der Waals surface area contributed by atoms with Crippen molar-refractivity contribution in [1.82, 2.24) is 5.43 Å². The van der Waals surface area contributed by atoms with Crippen LogP contribution in [0.25, 0.3) is 0 Å². The average molecular weight is 354 g/mol. The van der Waals surface area contributed by atoms with Crippen molar-refractivity contribution in [3.63, 3.8) is 0 Å². The molecule has 0 atom stereocenters. The van der Waals surface area contributed by atoms with Crippen LogP contribution in [0.2, 0.25) is 5.02 Å². The molecule has 0 unspecified atom stereocenters. The normalized spacial score (nSPS) is 10.7. The number of nitrogens with one attached hydrogen (secondary N) is 1. The van der Waals surface area contributed by atoms with Gasteiger partial charge in [0.15, 0.2) is 0 Å². The van der Waals surface area contributed by atoms with Crippen LogP contribution in [0.4, 0.5) is 0 Å². The number of halogens is 2. The first-order chi connectivity index (χ1) is 9.58. The fraction of sp³-hybridized carbons (Fsp3) is 0. The van der Waals surface area contributed by atoms with E-state index in [2.05, 4.69) is 26.5 Å². The summed E-state index contributed by atoms with van der Waals surface area (Å²) in [6.45, 7) is 0. The number of phenolic OH excluding ortho intramolecular Hbond substituents is 1. The second kappa shape index (κ2) is 6.54. The van der Waals surface area contributed by atoms with Gasteiger partial charge in [-0.2, -0.15) is 5.10 Å². The predicted octanol–water partition coefficient (Wildman–Crippen LogP) is 3.57. The summed E-state index contributed by atoms with van der Waals surface area (Å²) in [6.07, 6.45) is 1.50. The van der Waals surface area contributed by atoms with E-state index in [1.807, 2.05) is 24.3 Å². The number of amides is 1. The van der Waals surface area contributed by atoms with E-state index in [-0.39, 0.29) is 11.3 Å². The van der Waals surface area contributed by atoms with E-state index in [1.54, 1.807) is 0 Å². The molecule has 2 aromatic carbocycles. The number of hydrogen-bond acceptors (Lipinski definition) is 3. The predicted molar refractivity (Wildman–Crippen MR) is 82.3 cm³/mol. The number of nitrogens with zero attached hydrogens (tertiary/aromatic N) is 1. The number of carbonyl (C=O) groups excluding carboxylic acids is 1. The minimum absolute atomic E-state index is 0.0711. The summed E-state index contributed by atoms with van der Waals surface area (Å²) in [5.41, 5.74) is 3.23. The van der Waals surface area contributed by atoms with Gasteiger partial charge >= 0.3 is 0 Å². The van der Waals surface area contributed by atoms with Crippen molar-refractivity contribution < 1.29 is 9.90 Å². The van der Waals surface area contributed by atoms with Crippen LogP contribution in [0.3, 0.4) is 0 Å². The first kappa shape index (κ1) is 14.6. The Morgan fingerprint density at radius 1 is 1.30 bits per heavy atom. The molecular weight excluding hydrogens is 344 g/mol. The van der Waals surface area contributed by atoms with E-state index < -0.39 is 5.91 Å². The first-order valence-corrected chi connectivity index (χ1v) is 6.81. The van der Waals surface area contributed by atoms with Gasteiger partial charge in [0, 0.05) is 15.1 Å². The average Bonchev–Trinajstić information content (AvgIpc) is 2.43. The quantitative estimate of drug-likeness (QED) is 0.654. The highest BCUT2D eigenvalue weighted by atomic mass is 79.9. The summed E-state index contributed by atoms with van der Waals surface area (Å²) >= 11 is 9.14. The van der Waals surface area contributed by atoms with E-state index in [1.165, 1.54) is 24.4 Å². The van der Waals surface area contributed by atoms with Gasteiger partial charge in [-0.25, -0.2) is 5.43 Å². The van der Waals surface area contributed by atoms with E-state index in [0.717, 1.165) is 10.0 Å². The van der Waals surface area contributed by atoms with Crippen LogP contribution >= 0.6 is 27.5 Å². The molecule has 4 nitrogen and oxygen atoms in total. The van der Waals surface area contributed by atoms with E-state index in [0.29, 0.717) is 5.02 Å². The molecule has 0 radical (unpaired) electrons. The van der Waals surface area contributed by atoms with Crippen LogP contribution in [0.15, 0.2) is 52.0 Å². The molecule has 0 aliphatic heterocycles. The van der Waals surface area contributed by atoms with Gasteiger partial charge in [-0.3, -0.25) is 4.79 Å². The third-order valence-electron chi connectivity index (χ3n) is 2.48. The maximum Gasteiger partial charge on any atom is 0.275 e. The van der Waals surface area contributed by atoms with Crippen molar-refractivity contribution >= 4 is 39.7 Å². The Kier molecular flexibility index (Phi) is 4.76. The molecule has 0 fully saturated rings. The molecule has 2 N–H and O–H groups in total. The molecule has 0 heterocycles. The van der Waals surface area contributed by atoms with Gasteiger partial charge in [-0.05, 0) is 24.3 Å². The summed E-state index contributed by atoms with van der Waals surface area (Å²) in [5.74, 6) is -0.684. The maximum absolute atomic E-state index is 11.8. The molecule has 6 heteroatoms. The Labute approximate surface area is 129 Å². The highest BCUT2D eigenvalue weighted by molar-refractivity contribution is 9.10. The maximum atomic E-state index is 11.8. The minimum Gasteiger partial charge on any atom is -0.507 e. The monoisotopic (exact) mass is 352 g/mol. The van der Waals surface area contributed by atoms with Crippen LogP contribution in [0.5, 0.6) is 5.75 Å². The lowest BCUT2D eigenvalue weighted by Crippen LogP contribution is -2.17. The summed E-state index contributed by atoms with van der Waals surface area (Å²) in [4.78, 5) is 11.8. The fourth-order valence-electron chi connectivity index (χ4n) is 1.49. The van der Waals surface area contributed by atoms with Gasteiger partial charge in [0.05, 0.1) is 11.8 Å². The van der Waals surface area contributed by atoms with Crippen molar-refractivity contribution in [2.24, 2.45) is 5.10 Å². The highest BCUT2D eigenvalue weighted by Crippen LogP contribution is 2.21. The Morgan fingerprint density at radius 3 is 2.80 bits per heavy atom. The van der Waals surface area contributed by atoms with Gasteiger partial charge in [-0.1, -0.05) is 45.7 Å². The van der Waals surface area contributed by atoms with Gasteiger partial charge in [0.25, 0.3) is 5.91 Å². The van der Waals surface area contributed by atoms with Crippen molar-refractivity contribution in [1.29, 1.82) is 0 Å². The van der Waals surface area contributed by atoms with Crippen LogP contribution in [-0.2, 0) is 0 Å². The topological polar surface area (TPSA) is 61.7 Å². The molecule has 1 amide bonds. The third kappa shape index (κ3) is 3.59. The molecule has 2 aromatic rings. The molecule has 0 aromatic heterocycles. The van der Waals surface area contributed by atoms with Crippen LogP contribution in [-0.4, -0.2) is 17.2 Å². The van der Waals surface area contributed by atoms with Crippen molar-refractivity contribution in [3.05, 3.63) is 63.1 Å². The highest BCUT2D eigenvalue weighted by Gasteiger charge is 2.10. The molecule has 0 aliphatic carbocycles. The van der Waals surface area contributed by atoms with Crippen LogP contribution < -0.4 is 5.43 Å². The number of hydrazone groups is 1. The molecule has 0 spiro atoms. The van der Waals surface area contributed by atoms with Gasteiger partial charge in [0.2, 0.25) is 0 Å². The van der Waals surface area contributed by atoms with Crippen molar-refractivity contribution in [2.45, 2.75) is 0 Å². The summed E-state index contributed by atoms with van der Waals surface area (Å²) < 4.78 is 0.864. The number of hydrogen-bond donors (Lipinski definition) is 2. The molecular formula is C14H10BrClN2O2.